The van der Waals surface area contributed by atoms with E-state index in [1.807, 2.05) is 206 Å². The second-order valence-electron chi connectivity index (χ2n) is 19.0. The highest BCUT2D eigenvalue weighted by Crippen LogP contribution is 2.43. The molecule has 366 valence electrons. The van der Waals surface area contributed by atoms with E-state index < -0.39 is 11.8 Å². The predicted octanol–water partition coefficient (Wildman–Crippen LogP) is 15.3. The van der Waals surface area contributed by atoms with Gasteiger partial charge in [0.15, 0.2) is 34.9 Å². The summed E-state index contributed by atoms with van der Waals surface area (Å²) in [5.74, 6) is 2.21. The van der Waals surface area contributed by atoms with Crippen LogP contribution < -0.4 is 4.90 Å². The van der Waals surface area contributed by atoms with E-state index in [-0.39, 0.29) is 5.56 Å². The summed E-state index contributed by atoms with van der Waals surface area (Å²) in [6.45, 7) is 0. The molecule has 0 fully saturated rings. The average Bonchev–Trinajstić information content (AvgIpc) is 4.10. The van der Waals surface area contributed by atoms with Crippen LogP contribution in [0.25, 0.3) is 118 Å². The lowest BCUT2D eigenvalue weighted by molar-refractivity contribution is 0.0926. The van der Waals surface area contributed by atoms with Gasteiger partial charge in [-0.25, -0.2) is 34.8 Å². The summed E-state index contributed by atoms with van der Waals surface area (Å²) in [6, 6.07) is 83.2. The van der Waals surface area contributed by atoms with Crippen LogP contribution in [0.1, 0.15) is 20.7 Å². The number of benzene rings is 10. The Morgan fingerprint density at radius 3 is 1.05 bits per heavy atom. The SMILES string of the molecule is O=C1c2cccc(-n3c4cc(-c5nc(-c6ccccc6)nc(-c6ccccc6)n5)ccc4c4ccc(-c5nc(-c6ccccc6)nc(-c6ccccc6)n5)cc43)c2C(=O)N1c1ccc(-c2ccccc2)cc1-c1ccccc1. The largest absolute Gasteiger partial charge is 0.308 e. The number of carbonyl (C=O) groups excluding carboxylic acids is 2. The molecular formula is C68H42N8O2. The van der Waals surface area contributed by atoms with Crippen LogP contribution in [-0.4, -0.2) is 46.3 Å². The first kappa shape index (κ1) is 45.7. The van der Waals surface area contributed by atoms with Gasteiger partial charge in [-0.2, -0.15) is 0 Å². The molecule has 0 N–H and O–H groups in total. The summed E-state index contributed by atoms with van der Waals surface area (Å²) >= 11 is 0. The molecule has 0 unspecified atom stereocenters. The molecule has 0 spiro atoms. The van der Waals surface area contributed by atoms with Gasteiger partial charge in [0.1, 0.15) is 0 Å². The zero-order valence-electron chi connectivity index (χ0n) is 41.6. The van der Waals surface area contributed by atoms with Crippen LogP contribution in [0.3, 0.4) is 0 Å². The van der Waals surface area contributed by atoms with Gasteiger partial charge in [0.05, 0.1) is 33.5 Å². The van der Waals surface area contributed by atoms with Crippen molar-refractivity contribution in [2.45, 2.75) is 0 Å². The molecule has 0 radical (unpaired) electrons. The van der Waals surface area contributed by atoms with Crippen molar-refractivity contribution < 1.29 is 9.59 Å². The summed E-state index contributed by atoms with van der Waals surface area (Å²) in [5.41, 5.74) is 11.6. The lowest BCUT2D eigenvalue weighted by Gasteiger charge is -2.20. The molecule has 1 aliphatic rings. The van der Waals surface area contributed by atoms with Crippen molar-refractivity contribution in [1.29, 1.82) is 0 Å². The first-order valence-electron chi connectivity index (χ1n) is 25.6. The van der Waals surface area contributed by atoms with Crippen molar-refractivity contribution in [2.75, 3.05) is 4.90 Å². The number of imide groups is 1. The van der Waals surface area contributed by atoms with E-state index in [1.165, 1.54) is 4.90 Å². The molecule has 4 heterocycles. The van der Waals surface area contributed by atoms with Gasteiger partial charge in [-0.3, -0.25) is 9.59 Å². The second kappa shape index (κ2) is 19.1. The van der Waals surface area contributed by atoms with E-state index in [0.29, 0.717) is 51.9 Å². The zero-order valence-corrected chi connectivity index (χ0v) is 41.6. The minimum Gasteiger partial charge on any atom is -0.308 e. The van der Waals surface area contributed by atoms with Gasteiger partial charge in [0, 0.05) is 49.7 Å². The highest BCUT2D eigenvalue weighted by atomic mass is 16.2. The zero-order chi connectivity index (χ0) is 52.1. The molecule has 3 aromatic heterocycles. The number of rotatable bonds is 10. The molecule has 1 aliphatic heterocycles. The molecule has 10 aromatic carbocycles. The third-order valence-corrected chi connectivity index (χ3v) is 14.2. The monoisotopic (exact) mass is 1000 g/mol. The van der Waals surface area contributed by atoms with Crippen molar-refractivity contribution in [3.8, 4) is 96.3 Å². The number of hydrogen-bond donors (Lipinski definition) is 0. The molecule has 10 heteroatoms. The Morgan fingerprint density at radius 2 is 0.628 bits per heavy atom. The Hall–Kier alpha value is -10.8. The van der Waals surface area contributed by atoms with Crippen LogP contribution in [0, 0.1) is 0 Å². The minimum atomic E-state index is -0.438. The number of carbonyl (C=O) groups is 2. The summed E-state index contributed by atoms with van der Waals surface area (Å²) in [7, 11) is 0. The van der Waals surface area contributed by atoms with Crippen molar-refractivity contribution in [3.05, 3.63) is 266 Å². The van der Waals surface area contributed by atoms with Crippen LogP contribution in [0.4, 0.5) is 5.69 Å². The number of nitrogens with zero attached hydrogens (tertiary/aromatic N) is 8. The van der Waals surface area contributed by atoms with Crippen LogP contribution in [0.15, 0.2) is 255 Å². The molecule has 0 bridgehead atoms. The van der Waals surface area contributed by atoms with Crippen molar-refractivity contribution in [1.82, 2.24) is 34.5 Å². The minimum absolute atomic E-state index is 0.277. The number of hydrogen-bond acceptors (Lipinski definition) is 8. The van der Waals surface area contributed by atoms with Gasteiger partial charge >= 0.3 is 0 Å². The van der Waals surface area contributed by atoms with Gasteiger partial charge in [0.25, 0.3) is 11.8 Å². The Bertz CT molecular complexity index is 4160. The molecule has 0 aliphatic carbocycles. The van der Waals surface area contributed by atoms with Gasteiger partial charge in [0.2, 0.25) is 0 Å². The standard InChI is InChI=1S/C68H42N8O2/c77-67-54-32-19-33-57(60(54)68(78)76(67)56-39-36-49(43-20-7-1-8-21-43)40-55(56)44-22-9-2-10-23-44)75-58-41-50(65-71-61(45-24-11-3-12-25-45)69-62(72-65)46-26-13-4-14-27-46)34-37-52(58)53-38-35-51(42-59(53)75)66-73-63(47-28-15-5-16-29-47)70-64(74-66)48-30-17-6-18-31-48/h1-42H. The molecule has 10 nitrogen and oxygen atoms in total. The van der Waals surface area contributed by atoms with E-state index in [9.17, 15) is 0 Å². The van der Waals surface area contributed by atoms with Crippen molar-refractivity contribution >= 4 is 39.3 Å². The molecule has 0 saturated heterocycles. The maximum atomic E-state index is 15.6. The Labute approximate surface area is 448 Å². The van der Waals surface area contributed by atoms with E-state index in [0.717, 1.165) is 77.4 Å². The van der Waals surface area contributed by atoms with Gasteiger partial charge < -0.3 is 4.57 Å². The smallest absolute Gasteiger partial charge is 0.268 e. The molecule has 78 heavy (non-hydrogen) atoms. The molecule has 2 amide bonds. The van der Waals surface area contributed by atoms with Crippen molar-refractivity contribution in [2.24, 2.45) is 0 Å². The normalized spacial score (nSPS) is 12.1. The summed E-state index contributed by atoms with van der Waals surface area (Å²) < 4.78 is 2.08. The topological polar surface area (TPSA) is 120 Å². The summed E-state index contributed by atoms with van der Waals surface area (Å²) in [4.78, 5) is 62.4. The molecule has 14 rings (SSSR count). The predicted molar refractivity (Wildman–Crippen MR) is 309 cm³/mol. The van der Waals surface area contributed by atoms with Crippen molar-refractivity contribution in [3.63, 3.8) is 0 Å². The number of fused-ring (bicyclic) bond motifs is 4. The quantitative estimate of drug-likeness (QED) is 0.124. The van der Waals surface area contributed by atoms with E-state index in [4.69, 9.17) is 29.9 Å². The Kier molecular flexibility index (Phi) is 11.2. The lowest BCUT2D eigenvalue weighted by atomic mass is 9.97. The fraction of sp³-hybridized carbons (Fsp3) is 0. The van der Waals surface area contributed by atoms with Crippen LogP contribution in [0.5, 0.6) is 0 Å². The fourth-order valence-electron chi connectivity index (χ4n) is 10.5. The summed E-state index contributed by atoms with van der Waals surface area (Å²) in [6.07, 6.45) is 0. The number of amides is 2. The third-order valence-electron chi connectivity index (χ3n) is 14.2. The lowest BCUT2D eigenvalue weighted by Crippen LogP contribution is -2.30. The third kappa shape index (κ3) is 8.08. The highest BCUT2D eigenvalue weighted by Gasteiger charge is 2.40. The maximum absolute atomic E-state index is 15.6. The van der Waals surface area contributed by atoms with E-state index >= 15 is 9.59 Å². The fourth-order valence-corrected chi connectivity index (χ4v) is 10.5. The highest BCUT2D eigenvalue weighted by molar-refractivity contribution is 6.36. The molecular weight excluding hydrogens is 961 g/mol. The Morgan fingerprint density at radius 1 is 0.256 bits per heavy atom. The molecule has 0 saturated carbocycles. The van der Waals surface area contributed by atoms with E-state index in [1.54, 1.807) is 6.07 Å². The first-order valence-corrected chi connectivity index (χ1v) is 25.6. The van der Waals surface area contributed by atoms with E-state index in [2.05, 4.69) is 47.0 Å². The maximum Gasteiger partial charge on any atom is 0.268 e. The van der Waals surface area contributed by atoms with Gasteiger partial charge in [-0.15, -0.1) is 0 Å². The van der Waals surface area contributed by atoms with Crippen LogP contribution >= 0.6 is 0 Å². The van der Waals surface area contributed by atoms with Gasteiger partial charge in [-0.1, -0.05) is 218 Å². The van der Waals surface area contributed by atoms with Gasteiger partial charge in [-0.05, 0) is 53.1 Å². The number of aromatic nitrogens is 7. The second-order valence-corrected chi connectivity index (χ2v) is 19.0. The average molecular weight is 1000 g/mol. The Balaban J connectivity index is 0.993. The first-order chi connectivity index (χ1) is 38.5. The van der Waals surface area contributed by atoms with Crippen LogP contribution in [0.2, 0.25) is 0 Å². The molecule has 13 aromatic rings. The number of anilines is 1. The van der Waals surface area contributed by atoms with Crippen LogP contribution in [-0.2, 0) is 0 Å². The molecule has 0 atom stereocenters. The summed E-state index contributed by atoms with van der Waals surface area (Å²) in [5, 5.41) is 1.81.